The Kier molecular flexibility index (Phi) is 6.86. The lowest BCUT2D eigenvalue weighted by Gasteiger charge is -2.25. The highest BCUT2D eigenvalue weighted by atomic mass is 19.1. The van der Waals surface area contributed by atoms with Crippen molar-refractivity contribution in [1.82, 2.24) is 44.4 Å². The van der Waals surface area contributed by atoms with Gasteiger partial charge >= 0.3 is 0 Å². The summed E-state index contributed by atoms with van der Waals surface area (Å²) >= 11 is 0. The van der Waals surface area contributed by atoms with Crippen LogP contribution in [0.2, 0.25) is 0 Å². The maximum atomic E-state index is 13.6. The molecule has 2 saturated heterocycles. The van der Waals surface area contributed by atoms with E-state index in [1.807, 2.05) is 35.9 Å². The van der Waals surface area contributed by atoms with Crippen LogP contribution in [0.25, 0.3) is 39.8 Å². The second-order valence-corrected chi connectivity index (χ2v) is 12.2. The van der Waals surface area contributed by atoms with Crippen molar-refractivity contribution in [3.8, 4) is 28.6 Å². The fourth-order valence-electron chi connectivity index (χ4n) is 6.79. The number of anilines is 2. The molecule has 11 nitrogen and oxygen atoms in total. The quantitative estimate of drug-likeness (QED) is 0.278. The van der Waals surface area contributed by atoms with Crippen LogP contribution in [0, 0.1) is 18.2 Å². The van der Waals surface area contributed by atoms with E-state index in [1.165, 1.54) is 24.5 Å². The molecule has 2 N–H and O–H groups in total. The third-order valence-corrected chi connectivity index (χ3v) is 9.08. The van der Waals surface area contributed by atoms with E-state index in [2.05, 4.69) is 59.0 Å². The van der Waals surface area contributed by atoms with Crippen LogP contribution in [-0.2, 0) is 6.54 Å². The molecule has 1 aromatic carbocycles. The molecule has 7 heterocycles. The number of imidazole rings is 1. The van der Waals surface area contributed by atoms with Gasteiger partial charge in [-0.05, 0) is 74.3 Å². The molecule has 0 saturated carbocycles. The highest BCUT2D eigenvalue weighted by Crippen LogP contribution is 2.41. The van der Waals surface area contributed by atoms with Crippen molar-refractivity contribution in [3.63, 3.8) is 0 Å². The smallest absolute Gasteiger partial charge is 0.180 e. The number of nitrogens with zero attached hydrogens (tertiary/aromatic N) is 10. The molecule has 230 valence electrons. The van der Waals surface area contributed by atoms with Gasteiger partial charge in [0.25, 0.3) is 0 Å². The summed E-state index contributed by atoms with van der Waals surface area (Å²) in [6.07, 6.45) is 8.68. The summed E-state index contributed by atoms with van der Waals surface area (Å²) in [5, 5.41) is 0. The second-order valence-electron chi connectivity index (χ2n) is 12.2. The van der Waals surface area contributed by atoms with E-state index in [1.54, 1.807) is 18.5 Å². The zero-order valence-electron chi connectivity index (χ0n) is 25.4. The standard InChI is InChI=1S/C34H32FN11/c1-22-37-14-10-29(41-22)45-16-12-34(21-45)11-15-44(20-34)19-23-4-7-25(8-5-23)46-32(26-3-2-13-38-30(26)36)42-28-18-40-31(43-33(28)46)27-9-6-24(35)17-39-27/h2-10,13-14,17-18H,11-12,15-16,19-21H2,1H3,(H2,36,38)/t34-/m1/s1. The number of hydrogen-bond donors (Lipinski definition) is 1. The first-order chi connectivity index (χ1) is 22.4. The minimum Gasteiger partial charge on any atom is -0.383 e. The van der Waals surface area contributed by atoms with Gasteiger partial charge in [-0.2, -0.15) is 0 Å². The van der Waals surface area contributed by atoms with Crippen LogP contribution < -0.4 is 10.6 Å². The first-order valence-corrected chi connectivity index (χ1v) is 15.4. The largest absolute Gasteiger partial charge is 0.383 e. The number of aryl methyl sites for hydroxylation is 1. The van der Waals surface area contributed by atoms with Gasteiger partial charge in [0.1, 0.15) is 34.5 Å². The number of halogens is 1. The van der Waals surface area contributed by atoms with Crippen molar-refractivity contribution in [2.24, 2.45) is 5.41 Å². The molecule has 0 aliphatic carbocycles. The molecular formula is C34H32FN11. The minimum absolute atomic E-state index is 0.296. The topological polar surface area (TPSA) is 128 Å². The molecular weight excluding hydrogens is 581 g/mol. The summed E-state index contributed by atoms with van der Waals surface area (Å²) in [6, 6.07) is 17.2. The molecule has 12 heteroatoms. The number of likely N-dealkylation sites (tertiary alicyclic amines) is 1. The first kappa shape index (κ1) is 28.1. The summed E-state index contributed by atoms with van der Waals surface area (Å²) in [4.78, 5) is 36.5. The van der Waals surface area contributed by atoms with Crippen LogP contribution >= 0.6 is 0 Å². The lowest BCUT2D eigenvalue weighted by molar-refractivity contribution is 0.270. The number of rotatable bonds is 6. The van der Waals surface area contributed by atoms with Gasteiger partial charge in [0.05, 0.1) is 18.0 Å². The Morgan fingerprint density at radius 1 is 0.848 bits per heavy atom. The molecule has 8 rings (SSSR count). The SMILES string of the molecule is Cc1nccc(N2CC[C@@]3(CCN(Cc4ccc(-n5c(-c6cccnc6N)nc6cnc(-c7ccc(F)cn7)nc65)cc4)C3)C2)n1. The zero-order valence-corrected chi connectivity index (χ0v) is 25.4. The van der Waals surface area contributed by atoms with Crippen molar-refractivity contribution in [2.45, 2.75) is 26.3 Å². The van der Waals surface area contributed by atoms with Crippen molar-refractivity contribution in [2.75, 3.05) is 36.8 Å². The van der Waals surface area contributed by atoms with Crippen LogP contribution in [0.15, 0.2) is 79.4 Å². The molecule has 0 bridgehead atoms. The molecule has 2 aliphatic rings. The average molecular weight is 614 g/mol. The van der Waals surface area contributed by atoms with Crippen LogP contribution in [0.1, 0.15) is 24.2 Å². The highest BCUT2D eigenvalue weighted by molar-refractivity contribution is 5.83. The fraction of sp³-hybridized carbons (Fsp3) is 0.265. The number of fused-ring (bicyclic) bond motifs is 1. The van der Waals surface area contributed by atoms with Crippen molar-refractivity contribution in [3.05, 3.63) is 96.6 Å². The number of nitrogen functional groups attached to an aromatic ring is 1. The van der Waals surface area contributed by atoms with E-state index in [0.717, 1.165) is 56.3 Å². The molecule has 0 unspecified atom stereocenters. The van der Waals surface area contributed by atoms with Crippen LogP contribution in [0.3, 0.4) is 0 Å². The highest BCUT2D eigenvalue weighted by Gasteiger charge is 2.43. The predicted molar refractivity (Wildman–Crippen MR) is 173 cm³/mol. The van der Waals surface area contributed by atoms with Gasteiger partial charge in [0, 0.05) is 49.7 Å². The zero-order chi connectivity index (χ0) is 31.3. The number of nitrogens with two attached hydrogens (primary N) is 1. The van der Waals surface area contributed by atoms with Gasteiger partial charge in [-0.25, -0.2) is 39.3 Å². The van der Waals surface area contributed by atoms with Gasteiger partial charge in [-0.1, -0.05) is 12.1 Å². The second kappa shape index (κ2) is 11.2. The van der Waals surface area contributed by atoms with Crippen LogP contribution in [0.4, 0.5) is 16.0 Å². The van der Waals surface area contributed by atoms with Gasteiger partial charge in [-0.15, -0.1) is 0 Å². The maximum absolute atomic E-state index is 13.6. The average Bonchev–Trinajstić information content (AvgIpc) is 3.78. The van der Waals surface area contributed by atoms with Gasteiger partial charge in [0.2, 0.25) is 0 Å². The Bertz CT molecular complexity index is 2040. The van der Waals surface area contributed by atoms with Crippen molar-refractivity contribution in [1.29, 1.82) is 0 Å². The maximum Gasteiger partial charge on any atom is 0.180 e. The monoisotopic (exact) mass is 613 g/mol. The molecule has 1 atom stereocenters. The Balaban J connectivity index is 1.07. The summed E-state index contributed by atoms with van der Waals surface area (Å²) in [5.41, 5.74) is 11.1. The summed E-state index contributed by atoms with van der Waals surface area (Å²) < 4.78 is 15.5. The molecule has 46 heavy (non-hydrogen) atoms. The molecule has 6 aromatic rings. The Morgan fingerprint density at radius 2 is 1.72 bits per heavy atom. The van der Waals surface area contributed by atoms with E-state index in [0.29, 0.717) is 45.3 Å². The fourth-order valence-corrected chi connectivity index (χ4v) is 6.79. The molecule has 2 aliphatic heterocycles. The summed E-state index contributed by atoms with van der Waals surface area (Å²) in [6.45, 7) is 7.03. The number of pyridine rings is 2. The number of benzene rings is 1. The van der Waals surface area contributed by atoms with E-state index >= 15 is 0 Å². The van der Waals surface area contributed by atoms with Gasteiger partial charge in [-0.3, -0.25) is 9.47 Å². The van der Waals surface area contributed by atoms with Crippen molar-refractivity contribution >= 4 is 22.8 Å². The lowest BCUT2D eigenvalue weighted by Crippen LogP contribution is -2.31. The van der Waals surface area contributed by atoms with E-state index < -0.39 is 5.82 Å². The predicted octanol–water partition coefficient (Wildman–Crippen LogP) is 4.86. The Hall–Kier alpha value is -5.36. The van der Waals surface area contributed by atoms with Crippen LogP contribution in [0.5, 0.6) is 0 Å². The number of aromatic nitrogens is 8. The van der Waals surface area contributed by atoms with Crippen molar-refractivity contribution < 1.29 is 4.39 Å². The van der Waals surface area contributed by atoms with E-state index in [-0.39, 0.29) is 0 Å². The molecule has 0 radical (unpaired) electrons. The Labute approximate surface area is 265 Å². The first-order valence-electron chi connectivity index (χ1n) is 15.4. The van der Waals surface area contributed by atoms with Gasteiger partial charge < -0.3 is 10.6 Å². The third-order valence-electron chi connectivity index (χ3n) is 9.08. The third kappa shape index (κ3) is 5.20. The van der Waals surface area contributed by atoms with Crippen LogP contribution in [-0.4, -0.2) is 70.5 Å². The van der Waals surface area contributed by atoms with Gasteiger partial charge in [0.15, 0.2) is 17.3 Å². The lowest BCUT2D eigenvalue weighted by atomic mass is 9.86. The normalized spacial score (nSPS) is 18.3. The summed E-state index contributed by atoms with van der Waals surface area (Å²) in [5.74, 6) is 2.78. The Morgan fingerprint density at radius 3 is 2.52 bits per heavy atom. The molecule has 5 aromatic heterocycles. The van der Waals surface area contributed by atoms with E-state index in [4.69, 9.17) is 15.7 Å². The molecule has 1 spiro atoms. The van der Waals surface area contributed by atoms with E-state index in [9.17, 15) is 4.39 Å². The molecule has 2 fully saturated rings. The number of hydrogen-bond acceptors (Lipinski definition) is 10. The molecule has 0 amide bonds. The summed E-state index contributed by atoms with van der Waals surface area (Å²) in [7, 11) is 0. The minimum atomic E-state index is -0.420.